The molecule has 4 heterocycles. The SMILES string of the molecule is N#Cc1nc(-c2ccccc2)nc(-c2ccc3c(c2)c2cc(-c4nc(C#N)nc(-c5ccccc5)n4)ccc2n3-c2c(-c3cccc(C(F)(F)F)c3)cc(-c3cc(-c4ccccc4)nc(-c4ccccc4)n3)cc2-c2cccc(C(F)(F)F)c2)n1. The molecule has 13 rings (SSSR count). The van der Waals surface area contributed by atoms with Crippen molar-refractivity contribution in [2.24, 2.45) is 0 Å². The second-order valence-electron chi connectivity index (χ2n) is 19.6. The van der Waals surface area contributed by atoms with Gasteiger partial charge in [-0.3, -0.25) is 0 Å². The molecule has 0 bridgehead atoms. The molecule has 406 valence electrons. The summed E-state index contributed by atoms with van der Waals surface area (Å²) in [6.45, 7) is 0. The number of fused-ring (bicyclic) bond motifs is 3. The molecular formula is C68H37F6N11. The van der Waals surface area contributed by atoms with E-state index in [0.29, 0.717) is 72.4 Å². The van der Waals surface area contributed by atoms with Crippen molar-refractivity contribution in [3.05, 3.63) is 247 Å². The Morgan fingerprint density at radius 1 is 0.306 bits per heavy atom. The summed E-state index contributed by atoms with van der Waals surface area (Å²) < 4.78 is 92.0. The van der Waals surface area contributed by atoms with Crippen LogP contribution < -0.4 is 0 Å². The molecule has 0 amide bonds. The lowest BCUT2D eigenvalue weighted by atomic mass is 9.90. The lowest BCUT2D eigenvalue weighted by Gasteiger charge is -2.22. The number of nitriles is 2. The highest BCUT2D eigenvalue weighted by Crippen LogP contribution is 2.47. The summed E-state index contributed by atoms with van der Waals surface area (Å²) in [6, 6.07) is 66.0. The molecule has 0 radical (unpaired) electrons. The molecule has 0 spiro atoms. The number of halogens is 6. The number of alkyl halides is 6. The molecule has 13 aromatic rings. The van der Waals surface area contributed by atoms with E-state index in [9.17, 15) is 10.5 Å². The first kappa shape index (κ1) is 52.8. The monoisotopic (exact) mass is 1120 g/mol. The van der Waals surface area contributed by atoms with Gasteiger partial charge in [-0.15, -0.1) is 0 Å². The van der Waals surface area contributed by atoms with E-state index in [0.717, 1.165) is 29.8 Å². The Balaban J connectivity index is 1.15. The van der Waals surface area contributed by atoms with Crippen molar-refractivity contribution < 1.29 is 26.3 Å². The largest absolute Gasteiger partial charge is 0.416 e. The minimum Gasteiger partial charge on any atom is -0.308 e. The molecule has 0 saturated heterocycles. The first-order valence-corrected chi connectivity index (χ1v) is 26.3. The van der Waals surface area contributed by atoms with Crippen molar-refractivity contribution in [2.45, 2.75) is 12.4 Å². The van der Waals surface area contributed by atoms with E-state index < -0.39 is 23.5 Å². The molecule has 11 nitrogen and oxygen atoms in total. The van der Waals surface area contributed by atoms with Gasteiger partial charge in [-0.05, 0) is 90.0 Å². The maximum atomic E-state index is 15.0. The summed E-state index contributed by atoms with van der Waals surface area (Å²) in [7, 11) is 0. The third-order valence-electron chi connectivity index (χ3n) is 14.3. The topological polar surface area (TPSA) is 156 Å². The molecule has 0 atom stereocenters. The maximum absolute atomic E-state index is 15.0. The lowest BCUT2D eigenvalue weighted by Crippen LogP contribution is -2.07. The van der Waals surface area contributed by atoms with Crippen LogP contribution in [0.4, 0.5) is 26.3 Å². The lowest BCUT2D eigenvalue weighted by molar-refractivity contribution is -0.138. The van der Waals surface area contributed by atoms with Gasteiger partial charge in [0.1, 0.15) is 12.1 Å². The predicted octanol–water partition coefficient (Wildman–Crippen LogP) is 16.7. The van der Waals surface area contributed by atoms with Gasteiger partial charge >= 0.3 is 12.4 Å². The summed E-state index contributed by atoms with van der Waals surface area (Å²) in [4.78, 5) is 37.5. The van der Waals surface area contributed by atoms with Crippen molar-refractivity contribution in [3.8, 4) is 120 Å². The van der Waals surface area contributed by atoms with Crippen LogP contribution in [-0.4, -0.2) is 44.4 Å². The number of hydrogen-bond donors (Lipinski definition) is 0. The summed E-state index contributed by atoms with van der Waals surface area (Å²) in [5.41, 5.74) is 4.39. The third-order valence-corrected chi connectivity index (χ3v) is 14.3. The van der Waals surface area contributed by atoms with Crippen LogP contribution in [-0.2, 0) is 12.4 Å². The fourth-order valence-electron chi connectivity index (χ4n) is 10.3. The zero-order valence-corrected chi connectivity index (χ0v) is 44.0. The molecule has 0 fully saturated rings. The minimum absolute atomic E-state index is 0.0779. The third kappa shape index (κ3) is 10.3. The van der Waals surface area contributed by atoms with Crippen LogP contribution in [0, 0.1) is 22.7 Å². The average Bonchev–Trinajstić information content (AvgIpc) is 2.05. The highest BCUT2D eigenvalue weighted by atomic mass is 19.4. The van der Waals surface area contributed by atoms with E-state index >= 15 is 26.3 Å². The molecule has 0 unspecified atom stereocenters. The van der Waals surface area contributed by atoms with E-state index in [1.54, 1.807) is 78.9 Å². The van der Waals surface area contributed by atoms with Gasteiger partial charge in [-0.2, -0.15) is 56.8 Å². The molecule has 0 aliphatic carbocycles. The maximum Gasteiger partial charge on any atom is 0.416 e. The molecular weight excluding hydrogens is 1080 g/mol. The second-order valence-corrected chi connectivity index (χ2v) is 19.6. The van der Waals surface area contributed by atoms with E-state index in [1.165, 1.54) is 24.3 Å². The Kier molecular flexibility index (Phi) is 13.3. The van der Waals surface area contributed by atoms with E-state index in [4.69, 9.17) is 19.9 Å². The Hall–Kier alpha value is -11.6. The van der Waals surface area contributed by atoms with Crippen LogP contribution >= 0.6 is 0 Å². The highest BCUT2D eigenvalue weighted by Gasteiger charge is 2.33. The van der Waals surface area contributed by atoms with Gasteiger partial charge in [0.2, 0.25) is 11.6 Å². The van der Waals surface area contributed by atoms with Crippen LogP contribution in [0.25, 0.3) is 129 Å². The Labute approximate surface area is 480 Å². The summed E-state index contributed by atoms with van der Waals surface area (Å²) in [5.74, 6) is 0.759. The first-order chi connectivity index (χ1) is 41.3. The smallest absolute Gasteiger partial charge is 0.308 e. The van der Waals surface area contributed by atoms with Crippen LogP contribution in [0.5, 0.6) is 0 Å². The van der Waals surface area contributed by atoms with Gasteiger partial charge in [0.25, 0.3) is 0 Å². The number of hydrogen-bond acceptors (Lipinski definition) is 10. The summed E-state index contributed by atoms with van der Waals surface area (Å²) >= 11 is 0. The number of aromatic nitrogens is 9. The summed E-state index contributed by atoms with van der Waals surface area (Å²) in [5, 5.41) is 21.4. The van der Waals surface area contributed by atoms with Crippen LogP contribution in [0.3, 0.4) is 0 Å². The van der Waals surface area contributed by atoms with Gasteiger partial charge in [-0.25, -0.2) is 19.9 Å². The van der Waals surface area contributed by atoms with E-state index in [2.05, 4.69) is 19.9 Å². The molecule has 17 heteroatoms. The van der Waals surface area contributed by atoms with Crippen LogP contribution in [0.2, 0.25) is 0 Å². The predicted molar refractivity (Wildman–Crippen MR) is 311 cm³/mol. The molecule has 0 N–H and O–H groups in total. The molecule has 0 saturated carbocycles. The molecule has 0 aliphatic heterocycles. The highest BCUT2D eigenvalue weighted by molar-refractivity contribution is 6.13. The Bertz CT molecular complexity index is 4530. The van der Waals surface area contributed by atoms with Crippen molar-refractivity contribution in [1.29, 1.82) is 10.5 Å². The Morgan fingerprint density at radius 2 is 0.659 bits per heavy atom. The molecule has 85 heavy (non-hydrogen) atoms. The van der Waals surface area contributed by atoms with Crippen molar-refractivity contribution >= 4 is 21.8 Å². The second kappa shape index (κ2) is 21.4. The van der Waals surface area contributed by atoms with Crippen molar-refractivity contribution in [3.63, 3.8) is 0 Å². The van der Waals surface area contributed by atoms with E-state index in [-0.39, 0.29) is 62.9 Å². The zero-order chi connectivity index (χ0) is 58.4. The van der Waals surface area contributed by atoms with Crippen molar-refractivity contribution in [2.75, 3.05) is 0 Å². The van der Waals surface area contributed by atoms with Crippen molar-refractivity contribution in [1.82, 2.24) is 44.4 Å². The Morgan fingerprint density at radius 3 is 1.05 bits per heavy atom. The average molecular weight is 1120 g/mol. The van der Waals surface area contributed by atoms with Gasteiger partial charge in [0, 0.05) is 60.8 Å². The van der Waals surface area contributed by atoms with Crippen LogP contribution in [0.1, 0.15) is 22.8 Å². The van der Waals surface area contributed by atoms with Gasteiger partial charge < -0.3 is 4.57 Å². The first-order valence-electron chi connectivity index (χ1n) is 26.3. The minimum atomic E-state index is -4.80. The quantitative estimate of drug-likeness (QED) is 0.121. The van der Waals surface area contributed by atoms with Gasteiger partial charge in [0.05, 0.1) is 39.2 Å². The summed E-state index contributed by atoms with van der Waals surface area (Å²) in [6.07, 6.45) is -9.61. The van der Waals surface area contributed by atoms with Gasteiger partial charge in [0.15, 0.2) is 29.1 Å². The normalized spacial score (nSPS) is 11.6. The number of nitrogens with zero attached hydrogens (tertiary/aromatic N) is 11. The standard InChI is InChI=1S/C68H37F6N11/c69-67(70,71)49-25-13-23-44(31-49)51-35-48(56-37-55(40-15-5-1-6-16-40)77-62(78-56)41-17-7-2-8-18-41)36-52(45-24-14-26-50(32-45)68(72,73)74)61(51)85-57-29-27-46(65-81-59(38-75)79-63(83-65)42-19-9-3-10-20-42)33-53(57)54-34-47(28-30-58(54)85)66-82-60(39-76)80-64(84-66)43-21-11-4-12-22-43/h1-37H. The fraction of sp³-hybridized carbons (Fsp3) is 0.0294. The molecule has 0 aliphatic rings. The molecule has 4 aromatic heterocycles. The zero-order valence-electron chi connectivity index (χ0n) is 44.0. The molecule has 9 aromatic carbocycles. The van der Waals surface area contributed by atoms with Gasteiger partial charge in [-0.1, -0.05) is 146 Å². The van der Waals surface area contributed by atoms with E-state index in [1.807, 2.05) is 114 Å². The fourth-order valence-corrected chi connectivity index (χ4v) is 10.3. The van der Waals surface area contributed by atoms with Crippen LogP contribution in [0.15, 0.2) is 224 Å². The number of benzene rings is 9. The number of rotatable bonds is 10.